The molecule has 3 aromatic rings. The number of aryl methyl sites for hydroxylation is 1. The summed E-state index contributed by atoms with van der Waals surface area (Å²) < 4.78 is 5.13. The quantitative estimate of drug-likeness (QED) is 0.660. The van der Waals surface area contributed by atoms with Crippen LogP contribution in [0.15, 0.2) is 78.9 Å². The first kappa shape index (κ1) is 18.7. The summed E-state index contributed by atoms with van der Waals surface area (Å²) in [7, 11) is 1.62. The number of carbonyl (C=O) groups is 1. The van der Waals surface area contributed by atoms with E-state index in [1.807, 2.05) is 42.5 Å². The van der Waals surface area contributed by atoms with Crippen LogP contribution in [0.3, 0.4) is 0 Å². The Morgan fingerprint density at radius 2 is 1.52 bits per heavy atom. The normalized spacial score (nSPS) is 11.6. The molecule has 0 aliphatic carbocycles. The monoisotopic (exact) mass is 360 g/mol. The molecule has 0 unspecified atom stereocenters. The fraction of sp³-hybridized carbons (Fsp3) is 0.174. The maximum absolute atomic E-state index is 12.4. The fourth-order valence-corrected chi connectivity index (χ4v) is 2.91. The second-order valence-electron chi connectivity index (χ2n) is 6.41. The SMILES string of the molecule is COc1ccc(NC(=O)CN[C@@H](c2ccccc2)c2ccc(C)cc2)cc1. The van der Waals surface area contributed by atoms with Gasteiger partial charge in [-0.3, -0.25) is 10.1 Å². The average molecular weight is 360 g/mol. The van der Waals surface area contributed by atoms with Crippen LogP contribution >= 0.6 is 0 Å². The van der Waals surface area contributed by atoms with Crippen molar-refractivity contribution in [3.05, 3.63) is 95.6 Å². The van der Waals surface area contributed by atoms with Crippen LogP contribution in [0.2, 0.25) is 0 Å². The van der Waals surface area contributed by atoms with Crippen LogP contribution < -0.4 is 15.4 Å². The van der Waals surface area contributed by atoms with Gasteiger partial charge in [-0.1, -0.05) is 60.2 Å². The number of hydrogen-bond acceptors (Lipinski definition) is 3. The van der Waals surface area contributed by atoms with Gasteiger partial charge in [-0.25, -0.2) is 0 Å². The molecule has 0 bridgehead atoms. The largest absolute Gasteiger partial charge is 0.497 e. The Bertz CT molecular complexity index is 859. The summed E-state index contributed by atoms with van der Waals surface area (Å²) in [6, 6.07) is 25.8. The van der Waals surface area contributed by atoms with Gasteiger partial charge < -0.3 is 10.1 Å². The smallest absolute Gasteiger partial charge is 0.238 e. The zero-order chi connectivity index (χ0) is 19.1. The molecule has 1 amide bonds. The van der Waals surface area contributed by atoms with E-state index in [2.05, 4.69) is 54.0 Å². The average Bonchev–Trinajstić information content (AvgIpc) is 2.71. The maximum atomic E-state index is 12.4. The number of rotatable bonds is 7. The van der Waals surface area contributed by atoms with Crippen molar-refractivity contribution in [2.75, 3.05) is 19.0 Å². The Morgan fingerprint density at radius 1 is 0.889 bits per heavy atom. The van der Waals surface area contributed by atoms with Gasteiger partial charge in [0, 0.05) is 5.69 Å². The van der Waals surface area contributed by atoms with E-state index in [4.69, 9.17) is 4.74 Å². The van der Waals surface area contributed by atoms with E-state index in [9.17, 15) is 4.79 Å². The lowest BCUT2D eigenvalue weighted by Gasteiger charge is -2.20. The molecule has 3 aromatic carbocycles. The van der Waals surface area contributed by atoms with Crippen LogP contribution in [0.4, 0.5) is 5.69 Å². The topological polar surface area (TPSA) is 50.4 Å². The summed E-state index contributed by atoms with van der Waals surface area (Å²) in [5.41, 5.74) is 4.21. The van der Waals surface area contributed by atoms with E-state index in [-0.39, 0.29) is 18.5 Å². The van der Waals surface area contributed by atoms with Gasteiger partial charge in [0.2, 0.25) is 5.91 Å². The van der Waals surface area contributed by atoms with E-state index in [0.717, 1.165) is 22.6 Å². The summed E-state index contributed by atoms with van der Waals surface area (Å²) in [4.78, 5) is 12.4. The summed E-state index contributed by atoms with van der Waals surface area (Å²) in [5, 5.41) is 6.28. The van der Waals surface area contributed by atoms with E-state index in [1.54, 1.807) is 7.11 Å². The Morgan fingerprint density at radius 3 is 2.15 bits per heavy atom. The molecule has 0 aromatic heterocycles. The molecule has 4 nitrogen and oxygen atoms in total. The van der Waals surface area contributed by atoms with Gasteiger partial charge in [0.15, 0.2) is 0 Å². The number of carbonyl (C=O) groups excluding carboxylic acids is 1. The molecule has 0 radical (unpaired) electrons. The number of amides is 1. The number of ether oxygens (including phenoxy) is 1. The first-order chi connectivity index (χ1) is 13.2. The molecule has 0 aliphatic heterocycles. The van der Waals surface area contributed by atoms with Gasteiger partial charge in [-0.05, 0) is 42.3 Å². The number of methoxy groups -OCH3 is 1. The van der Waals surface area contributed by atoms with Crippen molar-refractivity contribution in [3.63, 3.8) is 0 Å². The highest BCUT2D eigenvalue weighted by Gasteiger charge is 2.15. The zero-order valence-electron chi connectivity index (χ0n) is 15.6. The molecule has 27 heavy (non-hydrogen) atoms. The number of hydrogen-bond donors (Lipinski definition) is 2. The highest BCUT2D eigenvalue weighted by Crippen LogP contribution is 2.22. The highest BCUT2D eigenvalue weighted by molar-refractivity contribution is 5.92. The minimum Gasteiger partial charge on any atom is -0.497 e. The predicted octanol–water partition coefficient (Wildman–Crippen LogP) is 4.32. The van der Waals surface area contributed by atoms with Crippen LogP contribution in [-0.4, -0.2) is 19.6 Å². The van der Waals surface area contributed by atoms with Crippen LogP contribution in [-0.2, 0) is 4.79 Å². The standard InChI is InChI=1S/C23H24N2O2/c1-17-8-10-19(11-9-17)23(18-6-4-3-5-7-18)24-16-22(26)25-20-12-14-21(27-2)15-13-20/h3-15,23-24H,16H2,1-2H3,(H,25,26)/t23-/m0/s1. The molecule has 0 fully saturated rings. The molecule has 138 valence electrons. The Balaban J connectivity index is 1.68. The molecule has 2 N–H and O–H groups in total. The van der Waals surface area contributed by atoms with Crippen LogP contribution in [0.5, 0.6) is 5.75 Å². The number of anilines is 1. The number of nitrogens with one attached hydrogen (secondary N) is 2. The van der Waals surface area contributed by atoms with Gasteiger partial charge in [0.1, 0.15) is 5.75 Å². The van der Waals surface area contributed by atoms with E-state index < -0.39 is 0 Å². The predicted molar refractivity (Wildman–Crippen MR) is 109 cm³/mol. The van der Waals surface area contributed by atoms with Crippen LogP contribution in [0, 0.1) is 6.92 Å². The number of benzene rings is 3. The molecule has 0 heterocycles. The Kier molecular flexibility index (Phi) is 6.23. The van der Waals surface area contributed by atoms with E-state index in [1.165, 1.54) is 5.56 Å². The maximum Gasteiger partial charge on any atom is 0.238 e. The second-order valence-corrected chi connectivity index (χ2v) is 6.41. The molecule has 4 heteroatoms. The molecule has 0 saturated heterocycles. The zero-order valence-corrected chi connectivity index (χ0v) is 15.6. The lowest BCUT2D eigenvalue weighted by Crippen LogP contribution is -2.31. The van der Waals surface area contributed by atoms with E-state index in [0.29, 0.717) is 0 Å². The first-order valence-corrected chi connectivity index (χ1v) is 8.94. The molecular formula is C23H24N2O2. The van der Waals surface area contributed by atoms with Crippen molar-refractivity contribution >= 4 is 11.6 Å². The van der Waals surface area contributed by atoms with Gasteiger partial charge >= 0.3 is 0 Å². The minimum absolute atomic E-state index is 0.0478. The first-order valence-electron chi connectivity index (χ1n) is 8.94. The molecule has 1 atom stereocenters. The molecule has 0 spiro atoms. The molecule has 3 rings (SSSR count). The van der Waals surface area contributed by atoms with Crippen molar-refractivity contribution in [1.29, 1.82) is 0 Å². The Labute approximate surface area is 160 Å². The molecule has 0 aliphatic rings. The van der Waals surface area contributed by atoms with Gasteiger partial charge in [0.05, 0.1) is 19.7 Å². The Hall–Kier alpha value is -3.11. The van der Waals surface area contributed by atoms with Crippen LogP contribution in [0.25, 0.3) is 0 Å². The summed E-state index contributed by atoms with van der Waals surface area (Å²) in [6.07, 6.45) is 0. The third kappa shape index (κ3) is 5.19. The van der Waals surface area contributed by atoms with Crippen molar-refractivity contribution in [1.82, 2.24) is 5.32 Å². The van der Waals surface area contributed by atoms with E-state index >= 15 is 0 Å². The van der Waals surface area contributed by atoms with Crippen molar-refractivity contribution in [3.8, 4) is 5.75 Å². The lowest BCUT2D eigenvalue weighted by atomic mass is 9.98. The van der Waals surface area contributed by atoms with Crippen LogP contribution in [0.1, 0.15) is 22.7 Å². The minimum atomic E-state index is -0.0896. The molecular weight excluding hydrogens is 336 g/mol. The second kappa shape index (κ2) is 9.01. The fourth-order valence-electron chi connectivity index (χ4n) is 2.91. The third-order valence-electron chi connectivity index (χ3n) is 4.38. The summed E-state index contributed by atoms with van der Waals surface area (Å²) >= 11 is 0. The summed E-state index contributed by atoms with van der Waals surface area (Å²) in [5.74, 6) is 0.669. The highest BCUT2D eigenvalue weighted by atomic mass is 16.5. The third-order valence-corrected chi connectivity index (χ3v) is 4.38. The molecule has 0 saturated carbocycles. The van der Waals surface area contributed by atoms with Crippen molar-refractivity contribution in [2.24, 2.45) is 0 Å². The lowest BCUT2D eigenvalue weighted by molar-refractivity contribution is -0.115. The van der Waals surface area contributed by atoms with Crippen molar-refractivity contribution in [2.45, 2.75) is 13.0 Å². The summed E-state index contributed by atoms with van der Waals surface area (Å²) in [6.45, 7) is 2.27. The van der Waals surface area contributed by atoms with Crippen molar-refractivity contribution < 1.29 is 9.53 Å². The van der Waals surface area contributed by atoms with Gasteiger partial charge in [0.25, 0.3) is 0 Å². The van der Waals surface area contributed by atoms with Gasteiger partial charge in [-0.2, -0.15) is 0 Å². The van der Waals surface area contributed by atoms with Gasteiger partial charge in [-0.15, -0.1) is 0 Å².